The van der Waals surface area contributed by atoms with Crippen molar-refractivity contribution < 1.29 is 37.1 Å². The van der Waals surface area contributed by atoms with Crippen molar-refractivity contribution in [2.75, 3.05) is 38.7 Å². The molecular weight excluding hydrogens is 602 g/mol. The molecule has 0 saturated carbocycles. The van der Waals surface area contributed by atoms with Crippen LogP contribution in [0.5, 0.6) is 5.75 Å². The van der Waals surface area contributed by atoms with Gasteiger partial charge in [-0.05, 0) is 79.0 Å². The maximum atomic E-state index is 14.2. The van der Waals surface area contributed by atoms with Gasteiger partial charge >= 0.3 is 6.03 Å². The van der Waals surface area contributed by atoms with Crippen LogP contribution in [0.2, 0.25) is 0 Å². The Bertz CT molecular complexity index is 1390. The number of nitrogens with zero attached hydrogens (tertiary/aromatic N) is 3. The van der Waals surface area contributed by atoms with Crippen molar-refractivity contribution in [2.45, 2.75) is 96.9 Å². The van der Waals surface area contributed by atoms with E-state index in [0.717, 1.165) is 12.8 Å². The molecule has 1 aliphatic rings. The minimum atomic E-state index is -3.94. The molecule has 3 amide bonds. The first-order valence-electron chi connectivity index (χ1n) is 15.5. The van der Waals surface area contributed by atoms with E-state index in [0.29, 0.717) is 24.5 Å². The highest BCUT2D eigenvalue weighted by Crippen LogP contribution is 2.29. The average molecular weight is 652 g/mol. The molecule has 0 fully saturated rings. The lowest BCUT2D eigenvalue weighted by Crippen LogP contribution is -2.48. The largest absolute Gasteiger partial charge is 0.490 e. The molecule has 3 N–H and O–H groups in total. The van der Waals surface area contributed by atoms with E-state index in [1.54, 1.807) is 43.9 Å². The van der Waals surface area contributed by atoms with Crippen LogP contribution in [0.1, 0.15) is 75.7 Å². The lowest BCUT2D eigenvalue weighted by Gasteiger charge is -2.35. The smallest absolute Gasteiger partial charge is 0.319 e. The summed E-state index contributed by atoms with van der Waals surface area (Å²) in [6, 6.07) is 3.87. The third-order valence-corrected chi connectivity index (χ3v) is 9.87. The minimum Gasteiger partial charge on any atom is -0.490 e. The van der Waals surface area contributed by atoms with Crippen molar-refractivity contribution in [1.29, 1.82) is 0 Å². The van der Waals surface area contributed by atoms with Crippen molar-refractivity contribution in [3.8, 4) is 5.75 Å². The number of benzene rings is 1. The van der Waals surface area contributed by atoms with Crippen LogP contribution in [-0.2, 0) is 14.8 Å². The van der Waals surface area contributed by atoms with Gasteiger partial charge in [0, 0.05) is 44.4 Å². The van der Waals surface area contributed by atoms with E-state index in [4.69, 9.17) is 14.0 Å². The summed E-state index contributed by atoms with van der Waals surface area (Å²) in [5, 5.41) is 19.5. The number of carbonyl (C=O) groups excluding carboxylic acids is 2. The number of aliphatic hydroxyl groups excluding tert-OH is 1. The molecule has 252 valence electrons. The van der Waals surface area contributed by atoms with Gasteiger partial charge in [-0.15, -0.1) is 0 Å². The second-order valence-electron chi connectivity index (χ2n) is 12.2. The summed E-state index contributed by atoms with van der Waals surface area (Å²) in [7, 11) is -2.45. The van der Waals surface area contributed by atoms with Gasteiger partial charge in [-0.25, -0.2) is 13.2 Å². The topological polar surface area (TPSA) is 164 Å². The number of fused-ring (bicyclic) bond motifs is 1. The molecule has 1 aromatic heterocycles. The standard InChI is InChI=1S/C31H49N5O8S/c1-19(2)32-31(39)33-25-12-13-27-26(15-25)30(38)36(21(4)18-37)16-20(3)28(42-14-10-9-11-22(5)43-27)17-35(8)45(40,41)29-23(6)34-44-24(29)7/h12-13,15,19-22,28,37H,9-11,14,16-18H2,1-8H3,(H2,32,33,39)/t20-,21+,22-,28+/m0/s1. The molecule has 0 spiro atoms. The van der Waals surface area contributed by atoms with E-state index in [1.165, 1.54) is 11.4 Å². The molecule has 1 aromatic carbocycles. The first-order chi connectivity index (χ1) is 21.1. The third kappa shape index (κ3) is 9.41. The minimum absolute atomic E-state index is 0.0260. The zero-order valence-corrected chi connectivity index (χ0v) is 28.4. The fourth-order valence-corrected chi connectivity index (χ4v) is 6.71. The SMILES string of the molecule is Cc1noc(C)c1S(=O)(=O)N(C)C[C@H]1OCCCC[C@H](C)Oc2ccc(NC(=O)NC(C)C)cc2C(=O)N([C@H](C)CO)C[C@@H]1C. The van der Waals surface area contributed by atoms with Gasteiger partial charge in [-0.2, -0.15) is 4.31 Å². The lowest BCUT2D eigenvalue weighted by atomic mass is 10.0. The number of likely N-dealkylation sites (N-methyl/N-ethyl adjacent to an activating group) is 1. The molecule has 0 radical (unpaired) electrons. The Morgan fingerprint density at radius 3 is 2.53 bits per heavy atom. The van der Waals surface area contributed by atoms with Crippen LogP contribution in [0.25, 0.3) is 0 Å². The van der Waals surface area contributed by atoms with Gasteiger partial charge in [-0.1, -0.05) is 12.1 Å². The van der Waals surface area contributed by atoms with Gasteiger partial charge < -0.3 is 34.6 Å². The van der Waals surface area contributed by atoms with E-state index in [9.17, 15) is 23.1 Å². The first-order valence-corrected chi connectivity index (χ1v) is 16.9. The molecule has 1 aliphatic heterocycles. The number of hydrogen-bond acceptors (Lipinski definition) is 9. The molecule has 0 unspecified atom stereocenters. The van der Waals surface area contributed by atoms with Crippen LogP contribution in [0, 0.1) is 19.8 Å². The summed E-state index contributed by atoms with van der Waals surface area (Å²) in [4.78, 5) is 28.2. The number of hydrogen-bond donors (Lipinski definition) is 3. The quantitative estimate of drug-likeness (QED) is 0.384. The van der Waals surface area contributed by atoms with Crippen molar-refractivity contribution in [3.63, 3.8) is 0 Å². The fourth-order valence-electron chi connectivity index (χ4n) is 5.24. The number of carbonyl (C=O) groups is 2. The number of sulfonamides is 1. The maximum absolute atomic E-state index is 14.2. The maximum Gasteiger partial charge on any atom is 0.319 e. The zero-order valence-electron chi connectivity index (χ0n) is 27.6. The molecule has 0 saturated heterocycles. The third-order valence-electron chi connectivity index (χ3n) is 7.80. The van der Waals surface area contributed by atoms with Crippen LogP contribution >= 0.6 is 0 Å². The number of aryl methyl sites for hydroxylation is 2. The average Bonchev–Trinajstić information content (AvgIpc) is 3.31. The number of aromatic nitrogens is 1. The predicted molar refractivity (Wildman–Crippen MR) is 170 cm³/mol. The summed E-state index contributed by atoms with van der Waals surface area (Å²) in [5.74, 6) is -0.153. The van der Waals surface area contributed by atoms with Crippen LogP contribution in [0.3, 0.4) is 0 Å². The van der Waals surface area contributed by atoms with E-state index >= 15 is 0 Å². The highest BCUT2D eigenvalue weighted by atomic mass is 32.2. The van der Waals surface area contributed by atoms with E-state index in [1.807, 2.05) is 27.7 Å². The molecular formula is C31H49N5O8S. The lowest BCUT2D eigenvalue weighted by molar-refractivity contribution is -0.00835. The summed E-state index contributed by atoms with van der Waals surface area (Å²) in [6.45, 7) is 12.7. The number of ether oxygens (including phenoxy) is 2. The predicted octanol–water partition coefficient (Wildman–Crippen LogP) is 3.94. The zero-order chi connectivity index (χ0) is 33.5. The molecule has 2 aromatic rings. The van der Waals surface area contributed by atoms with Crippen molar-refractivity contribution in [3.05, 3.63) is 35.2 Å². The Morgan fingerprint density at radius 1 is 1.20 bits per heavy atom. The molecule has 2 heterocycles. The van der Waals surface area contributed by atoms with Crippen LogP contribution in [0.4, 0.5) is 10.5 Å². The van der Waals surface area contributed by atoms with E-state index in [-0.39, 0.29) is 59.7 Å². The fraction of sp³-hybridized carbons (Fsp3) is 0.645. The van der Waals surface area contributed by atoms with Crippen LogP contribution in [0.15, 0.2) is 27.6 Å². The number of amides is 3. The number of aliphatic hydroxyl groups is 1. The number of urea groups is 1. The Morgan fingerprint density at radius 2 is 1.91 bits per heavy atom. The molecule has 4 atom stereocenters. The monoisotopic (exact) mass is 651 g/mol. The Labute approximate surface area is 266 Å². The van der Waals surface area contributed by atoms with Crippen molar-refractivity contribution in [2.24, 2.45) is 5.92 Å². The molecule has 0 bridgehead atoms. The highest BCUT2D eigenvalue weighted by molar-refractivity contribution is 7.89. The molecule has 3 rings (SSSR count). The van der Waals surface area contributed by atoms with Gasteiger partial charge in [-0.3, -0.25) is 4.79 Å². The summed E-state index contributed by atoms with van der Waals surface area (Å²) >= 11 is 0. The van der Waals surface area contributed by atoms with E-state index < -0.39 is 34.1 Å². The first kappa shape index (κ1) is 36.3. The van der Waals surface area contributed by atoms with Gasteiger partial charge in [0.15, 0.2) is 5.76 Å². The molecule has 13 nitrogen and oxygen atoms in total. The Hall–Kier alpha value is -3.20. The number of rotatable bonds is 8. The number of anilines is 1. The second kappa shape index (κ2) is 15.9. The van der Waals surface area contributed by atoms with Gasteiger partial charge in [0.05, 0.1) is 30.4 Å². The van der Waals surface area contributed by atoms with Crippen LogP contribution in [-0.4, -0.2) is 97.5 Å². The second-order valence-corrected chi connectivity index (χ2v) is 14.2. The molecule has 0 aliphatic carbocycles. The van der Waals surface area contributed by atoms with Crippen molar-refractivity contribution >= 4 is 27.6 Å². The number of nitrogens with one attached hydrogen (secondary N) is 2. The molecule has 14 heteroatoms. The molecule has 45 heavy (non-hydrogen) atoms. The van der Waals surface area contributed by atoms with Crippen LogP contribution < -0.4 is 15.4 Å². The van der Waals surface area contributed by atoms with Gasteiger partial charge in [0.25, 0.3) is 5.91 Å². The normalized spacial score (nSPS) is 21.2. The van der Waals surface area contributed by atoms with Gasteiger partial charge in [0.1, 0.15) is 16.3 Å². The summed E-state index contributed by atoms with van der Waals surface area (Å²) in [6.07, 6.45) is 1.43. The summed E-state index contributed by atoms with van der Waals surface area (Å²) < 4.78 is 45.9. The highest BCUT2D eigenvalue weighted by Gasteiger charge is 2.34. The van der Waals surface area contributed by atoms with Crippen molar-refractivity contribution in [1.82, 2.24) is 19.7 Å². The van der Waals surface area contributed by atoms with Gasteiger partial charge in [0.2, 0.25) is 10.0 Å². The Balaban J connectivity index is 1.97. The van der Waals surface area contributed by atoms with E-state index in [2.05, 4.69) is 15.8 Å². The summed E-state index contributed by atoms with van der Waals surface area (Å²) in [5.41, 5.74) is 0.928. The Kier molecular flexibility index (Phi) is 12.8.